The zero-order chi connectivity index (χ0) is 28.7. The molecule has 1 aliphatic carbocycles. The molecule has 0 spiro atoms. The average Bonchev–Trinajstić information content (AvgIpc) is 3.63. The number of allylic oxidation sites excluding steroid dienone is 1. The van der Waals surface area contributed by atoms with Crippen molar-refractivity contribution < 1.29 is 27.9 Å². The van der Waals surface area contributed by atoms with Gasteiger partial charge in [-0.2, -0.15) is 13.2 Å². The van der Waals surface area contributed by atoms with Crippen molar-refractivity contribution in [1.82, 2.24) is 4.90 Å². The Labute approximate surface area is 231 Å². The molecule has 2 atom stereocenters. The van der Waals surface area contributed by atoms with Gasteiger partial charge in [0, 0.05) is 29.8 Å². The first-order valence-corrected chi connectivity index (χ1v) is 13.3. The molecule has 0 saturated heterocycles. The molecule has 1 fully saturated rings. The number of benzene rings is 3. The van der Waals surface area contributed by atoms with E-state index in [1.165, 1.54) is 12.1 Å². The Morgan fingerprint density at radius 1 is 1.05 bits per heavy atom. The summed E-state index contributed by atoms with van der Waals surface area (Å²) < 4.78 is 41.6. The van der Waals surface area contributed by atoms with Crippen LogP contribution in [0.3, 0.4) is 0 Å². The van der Waals surface area contributed by atoms with Crippen LogP contribution >= 0.6 is 0 Å². The maximum Gasteiger partial charge on any atom is 0.392 e. The second-order valence-corrected chi connectivity index (χ2v) is 11.0. The summed E-state index contributed by atoms with van der Waals surface area (Å²) in [5.74, 6) is -4.11. The molecule has 0 aromatic heterocycles. The molecule has 0 unspecified atom stereocenters. The minimum absolute atomic E-state index is 0.0826. The minimum atomic E-state index is -4.59. The van der Waals surface area contributed by atoms with E-state index in [1.54, 1.807) is 41.3 Å². The van der Waals surface area contributed by atoms with Crippen LogP contribution in [0.15, 0.2) is 85.1 Å². The molecule has 1 aliphatic heterocycles. The largest absolute Gasteiger partial charge is 0.512 e. The van der Waals surface area contributed by atoms with Gasteiger partial charge in [0.2, 0.25) is 5.91 Å². The quantitative estimate of drug-likeness (QED) is 0.279. The third kappa shape index (κ3) is 5.62. The number of aliphatic hydroxyl groups is 1. The SMILES string of the molecule is C=C(O)C1(Cc2cccc(NC(=O)[C@H](c3ccc(CN4Cc5ccccc5C4=O)cc3)[C@@H](C)C(F)(F)F)c2)CC1. The summed E-state index contributed by atoms with van der Waals surface area (Å²) in [5.41, 5.74) is 3.49. The molecule has 3 aromatic rings. The summed E-state index contributed by atoms with van der Waals surface area (Å²) in [5, 5.41) is 12.6. The average molecular weight is 549 g/mol. The van der Waals surface area contributed by atoms with Crippen LogP contribution in [0.2, 0.25) is 0 Å². The van der Waals surface area contributed by atoms with Gasteiger partial charge in [0.25, 0.3) is 5.91 Å². The van der Waals surface area contributed by atoms with Gasteiger partial charge < -0.3 is 15.3 Å². The van der Waals surface area contributed by atoms with E-state index in [4.69, 9.17) is 0 Å². The molecule has 5 rings (SSSR count). The van der Waals surface area contributed by atoms with E-state index in [0.29, 0.717) is 30.8 Å². The number of hydrogen-bond acceptors (Lipinski definition) is 3. The fourth-order valence-corrected chi connectivity index (χ4v) is 5.44. The highest BCUT2D eigenvalue weighted by molar-refractivity contribution is 5.98. The molecule has 208 valence electrons. The summed E-state index contributed by atoms with van der Waals surface area (Å²) in [6, 6.07) is 20.8. The Morgan fingerprint density at radius 3 is 2.38 bits per heavy atom. The normalized spacial score (nSPS) is 17.2. The molecule has 3 aromatic carbocycles. The van der Waals surface area contributed by atoms with Crippen LogP contribution in [-0.2, 0) is 24.3 Å². The van der Waals surface area contributed by atoms with Crippen molar-refractivity contribution in [3.05, 3.63) is 113 Å². The number of nitrogens with zero attached hydrogens (tertiary/aromatic N) is 1. The molecule has 1 heterocycles. The summed E-state index contributed by atoms with van der Waals surface area (Å²) in [6.45, 7) is 5.46. The summed E-state index contributed by atoms with van der Waals surface area (Å²) in [4.78, 5) is 27.7. The molecule has 1 saturated carbocycles. The fourth-order valence-electron chi connectivity index (χ4n) is 5.44. The van der Waals surface area contributed by atoms with Crippen molar-refractivity contribution in [3.63, 3.8) is 0 Å². The molecular formula is C32H31F3N2O3. The third-order valence-corrected chi connectivity index (χ3v) is 8.11. The molecule has 0 bridgehead atoms. The van der Waals surface area contributed by atoms with Crippen LogP contribution in [0.4, 0.5) is 18.9 Å². The lowest BCUT2D eigenvalue weighted by atomic mass is 9.85. The number of carbonyl (C=O) groups is 2. The van der Waals surface area contributed by atoms with Gasteiger partial charge in [-0.05, 0) is 59.7 Å². The zero-order valence-electron chi connectivity index (χ0n) is 22.2. The van der Waals surface area contributed by atoms with E-state index in [2.05, 4.69) is 11.9 Å². The maximum atomic E-state index is 13.9. The smallest absolute Gasteiger partial charge is 0.392 e. The van der Waals surface area contributed by atoms with Gasteiger partial charge in [0.05, 0.1) is 17.6 Å². The van der Waals surface area contributed by atoms with E-state index >= 15 is 0 Å². The van der Waals surface area contributed by atoms with E-state index in [0.717, 1.165) is 36.5 Å². The molecule has 8 heteroatoms. The topological polar surface area (TPSA) is 69.6 Å². The van der Waals surface area contributed by atoms with Crippen molar-refractivity contribution in [3.8, 4) is 0 Å². The number of nitrogens with one attached hydrogen (secondary N) is 1. The van der Waals surface area contributed by atoms with Crippen molar-refractivity contribution in [2.75, 3.05) is 5.32 Å². The molecule has 40 heavy (non-hydrogen) atoms. The van der Waals surface area contributed by atoms with Crippen molar-refractivity contribution in [2.24, 2.45) is 11.3 Å². The van der Waals surface area contributed by atoms with Gasteiger partial charge >= 0.3 is 6.18 Å². The number of amides is 2. The molecule has 5 nitrogen and oxygen atoms in total. The van der Waals surface area contributed by atoms with Gasteiger partial charge in [-0.1, -0.05) is 68.1 Å². The second-order valence-electron chi connectivity index (χ2n) is 11.0. The molecule has 0 radical (unpaired) electrons. The second kappa shape index (κ2) is 10.5. The van der Waals surface area contributed by atoms with Gasteiger partial charge in [0.1, 0.15) is 0 Å². The van der Waals surface area contributed by atoms with Gasteiger partial charge in [-0.15, -0.1) is 0 Å². The number of fused-ring (bicyclic) bond motifs is 1. The number of hydrogen-bond donors (Lipinski definition) is 2. The number of aliphatic hydroxyl groups excluding tert-OH is 1. The standard InChI is InChI=1S/C32H31F3N2O3/c1-20(32(33,34)35)28(29(39)36-26-8-5-6-23(16-26)17-31(14-15-31)21(2)38)24-12-10-22(11-13-24)18-37-19-25-7-3-4-9-27(25)30(37)40/h3-13,16,20,28,38H,2,14-15,17-19H2,1H3,(H,36,39)/t20-,28+/m1/s1. The Hall–Kier alpha value is -4.07. The number of rotatable bonds is 9. The molecule has 2 aliphatic rings. The van der Waals surface area contributed by atoms with Crippen LogP contribution in [0.5, 0.6) is 0 Å². The summed E-state index contributed by atoms with van der Waals surface area (Å²) >= 11 is 0. The number of anilines is 1. The first-order valence-electron chi connectivity index (χ1n) is 13.3. The number of alkyl halides is 3. The lowest BCUT2D eigenvalue weighted by Crippen LogP contribution is -2.34. The van der Waals surface area contributed by atoms with Crippen LogP contribution in [0.1, 0.15) is 58.3 Å². The lowest BCUT2D eigenvalue weighted by Gasteiger charge is -2.26. The predicted molar refractivity (Wildman–Crippen MR) is 147 cm³/mol. The number of halogens is 3. The highest BCUT2D eigenvalue weighted by atomic mass is 19.4. The monoisotopic (exact) mass is 548 g/mol. The van der Waals surface area contributed by atoms with Crippen molar-refractivity contribution in [2.45, 2.75) is 51.4 Å². The highest BCUT2D eigenvalue weighted by Crippen LogP contribution is 2.52. The fraction of sp³-hybridized carbons (Fsp3) is 0.312. The van der Waals surface area contributed by atoms with Crippen LogP contribution < -0.4 is 5.32 Å². The van der Waals surface area contributed by atoms with Crippen molar-refractivity contribution in [1.29, 1.82) is 0 Å². The highest BCUT2D eigenvalue weighted by Gasteiger charge is 2.46. The molecular weight excluding hydrogens is 517 g/mol. The van der Waals surface area contributed by atoms with Crippen LogP contribution in [0, 0.1) is 11.3 Å². The lowest BCUT2D eigenvalue weighted by molar-refractivity contribution is -0.178. The van der Waals surface area contributed by atoms with Gasteiger partial charge in [0.15, 0.2) is 0 Å². The Balaban J connectivity index is 1.32. The van der Waals surface area contributed by atoms with E-state index in [1.807, 2.05) is 24.3 Å². The van der Waals surface area contributed by atoms with E-state index in [9.17, 15) is 27.9 Å². The Kier molecular flexibility index (Phi) is 7.21. The third-order valence-electron chi connectivity index (χ3n) is 8.11. The first kappa shape index (κ1) is 27.5. The van der Waals surface area contributed by atoms with Gasteiger partial charge in [-0.25, -0.2) is 0 Å². The Bertz CT molecular complexity index is 1440. The molecule has 2 N–H and O–H groups in total. The molecule has 2 amide bonds. The van der Waals surface area contributed by atoms with E-state index in [-0.39, 0.29) is 22.6 Å². The maximum absolute atomic E-state index is 13.9. The van der Waals surface area contributed by atoms with Gasteiger partial charge in [-0.3, -0.25) is 9.59 Å². The summed E-state index contributed by atoms with van der Waals surface area (Å²) in [6.07, 6.45) is -2.41. The van der Waals surface area contributed by atoms with Crippen LogP contribution in [-0.4, -0.2) is 28.0 Å². The van der Waals surface area contributed by atoms with Crippen molar-refractivity contribution >= 4 is 17.5 Å². The number of carbonyl (C=O) groups excluding carboxylic acids is 2. The predicted octanol–water partition coefficient (Wildman–Crippen LogP) is 7.16. The zero-order valence-corrected chi connectivity index (χ0v) is 22.2. The first-order chi connectivity index (χ1) is 19.0. The van der Waals surface area contributed by atoms with Crippen LogP contribution in [0.25, 0.3) is 0 Å². The Morgan fingerprint density at radius 2 is 1.75 bits per heavy atom. The summed E-state index contributed by atoms with van der Waals surface area (Å²) in [7, 11) is 0. The van der Waals surface area contributed by atoms with E-state index < -0.39 is 23.9 Å². The minimum Gasteiger partial charge on any atom is -0.512 e.